The van der Waals surface area contributed by atoms with Gasteiger partial charge in [0.2, 0.25) is 0 Å². The van der Waals surface area contributed by atoms with Gasteiger partial charge >= 0.3 is 0 Å². The van der Waals surface area contributed by atoms with E-state index >= 15 is 0 Å². The zero-order chi connectivity index (χ0) is 9.68. The molecule has 0 saturated heterocycles. The van der Waals surface area contributed by atoms with Gasteiger partial charge in [0.15, 0.2) is 0 Å². The van der Waals surface area contributed by atoms with Crippen LogP contribution in [-0.2, 0) is 0 Å². The average molecular weight is 238 g/mol. The van der Waals surface area contributed by atoms with Crippen molar-refractivity contribution in [3.05, 3.63) is 39.9 Å². The summed E-state index contributed by atoms with van der Waals surface area (Å²) < 4.78 is 5.27. The van der Waals surface area contributed by atoms with Crippen LogP contribution in [0, 0.1) is 0 Å². The Morgan fingerprint density at radius 1 is 1.31 bits per heavy atom. The summed E-state index contributed by atoms with van der Waals surface area (Å²) >= 11 is 16.9. The summed E-state index contributed by atoms with van der Waals surface area (Å²) in [5.41, 5.74) is 1.39. The third-order valence-electron chi connectivity index (χ3n) is 1.32. The van der Waals surface area contributed by atoms with Gasteiger partial charge in [-0.2, -0.15) is 0 Å². The van der Waals surface area contributed by atoms with E-state index in [4.69, 9.17) is 39.5 Å². The van der Waals surface area contributed by atoms with Gasteiger partial charge < -0.3 is 4.74 Å². The van der Waals surface area contributed by atoms with Gasteiger partial charge in [-0.3, -0.25) is 0 Å². The molecule has 0 fully saturated rings. The normalized spacial score (nSPS) is 10.7. The number of benzene rings is 1. The zero-order valence-electron chi connectivity index (χ0n) is 6.64. The number of ether oxygens (including phenoxy) is 1. The van der Waals surface area contributed by atoms with E-state index < -0.39 is 0 Å². The molecule has 0 radical (unpaired) electrons. The lowest BCUT2D eigenvalue weighted by Gasteiger charge is -2.04. The standard InChI is InChI=1S/C9H7Cl3O/c10-4-1-5-13-9-3-2-7(11)6-8(9)12/h1-4,6H,5H2/b4-1+. The molecular formula is C9H7Cl3O. The van der Waals surface area contributed by atoms with E-state index in [2.05, 4.69) is 0 Å². The number of hydrogen-bond donors (Lipinski definition) is 0. The highest BCUT2D eigenvalue weighted by molar-refractivity contribution is 6.35. The van der Waals surface area contributed by atoms with Crippen molar-refractivity contribution in [1.29, 1.82) is 0 Å². The molecule has 0 bridgehead atoms. The Kier molecular flexibility index (Phi) is 4.43. The first kappa shape index (κ1) is 10.7. The van der Waals surface area contributed by atoms with Crippen LogP contribution in [0.25, 0.3) is 0 Å². The molecule has 0 spiro atoms. The zero-order valence-corrected chi connectivity index (χ0v) is 8.90. The van der Waals surface area contributed by atoms with Crippen LogP contribution in [-0.4, -0.2) is 6.61 Å². The van der Waals surface area contributed by atoms with Gasteiger partial charge in [-0.25, -0.2) is 0 Å². The molecule has 0 N–H and O–H groups in total. The maximum atomic E-state index is 5.84. The first-order chi connectivity index (χ1) is 6.24. The van der Waals surface area contributed by atoms with Gasteiger partial charge in [0.1, 0.15) is 12.4 Å². The van der Waals surface area contributed by atoms with Crippen LogP contribution >= 0.6 is 34.8 Å². The fourth-order valence-electron chi connectivity index (χ4n) is 0.767. The Morgan fingerprint density at radius 2 is 2.08 bits per heavy atom. The Hall–Kier alpha value is -0.370. The van der Waals surface area contributed by atoms with Crippen LogP contribution in [0.5, 0.6) is 5.75 Å². The van der Waals surface area contributed by atoms with Crippen molar-refractivity contribution in [2.45, 2.75) is 0 Å². The molecule has 0 unspecified atom stereocenters. The van der Waals surface area contributed by atoms with Gasteiger partial charge in [0, 0.05) is 10.6 Å². The minimum atomic E-state index is 0.394. The first-order valence-corrected chi connectivity index (χ1v) is 4.76. The number of rotatable bonds is 3. The lowest BCUT2D eigenvalue weighted by Crippen LogP contribution is -1.93. The largest absolute Gasteiger partial charge is 0.488 e. The Bertz CT molecular complexity index is 310. The second-order valence-electron chi connectivity index (χ2n) is 2.25. The van der Waals surface area contributed by atoms with E-state index in [0.717, 1.165) is 0 Å². The lowest BCUT2D eigenvalue weighted by atomic mass is 10.3. The van der Waals surface area contributed by atoms with Crippen LogP contribution in [0.2, 0.25) is 10.0 Å². The van der Waals surface area contributed by atoms with Gasteiger partial charge in [-0.15, -0.1) is 0 Å². The van der Waals surface area contributed by atoms with Crippen molar-refractivity contribution < 1.29 is 4.74 Å². The summed E-state index contributed by atoms with van der Waals surface area (Å²) in [6.45, 7) is 0.394. The molecule has 0 aromatic heterocycles. The fraction of sp³-hybridized carbons (Fsp3) is 0.111. The summed E-state index contributed by atoms with van der Waals surface area (Å²) in [6, 6.07) is 5.06. The second kappa shape index (κ2) is 5.38. The molecule has 0 aliphatic rings. The fourth-order valence-corrected chi connectivity index (χ4v) is 1.30. The monoisotopic (exact) mass is 236 g/mol. The third-order valence-corrected chi connectivity index (χ3v) is 2.03. The van der Waals surface area contributed by atoms with Crippen molar-refractivity contribution in [3.8, 4) is 5.75 Å². The molecule has 1 rings (SSSR count). The average Bonchev–Trinajstić information content (AvgIpc) is 2.09. The molecule has 0 saturated carbocycles. The minimum Gasteiger partial charge on any atom is -0.488 e. The molecule has 1 aromatic rings. The number of halogens is 3. The highest BCUT2D eigenvalue weighted by atomic mass is 35.5. The summed E-state index contributed by atoms with van der Waals surface area (Å²) in [6.07, 6.45) is 1.67. The molecule has 1 nitrogen and oxygen atoms in total. The van der Waals surface area contributed by atoms with Crippen molar-refractivity contribution in [2.75, 3.05) is 6.61 Å². The molecule has 0 aliphatic heterocycles. The molecular weight excluding hydrogens is 230 g/mol. The topological polar surface area (TPSA) is 9.23 Å². The van der Waals surface area contributed by atoms with Crippen LogP contribution in [0.4, 0.5) is 0 Å². The summed E-state index contributed by atoms with van der Waals surface area (Å²) in [4.78, 5) is 0. The van der Waals surface area contributed by atoms with Crippen LogP contribution < -0.4 is 4.74 Å². The minimum absolute atomic E-state index is 0.394. The van der Waals surface area contributed by atoms with E-state index in [1.807, 2.05) is 0 Å². The van der Waals surface area contributed by atoms with E-state index in [9.17, 15) is 0 Å². The lowest BCUT2D eigenvalue weighted by molar-refractivity contribution is 0.363. The molecule has 0 amide bonds. The number of hydrogen-bond acceptors (Lipinski definition) is 1. The van der Waals surface area contributed by atoms with E-state index in [0.29, 0.717) is 22.4 Å². The molecule has 1 aromatic carbocycles. The SMILES string of the molecule is Cl/C=C/COc1ccc(Cl)cc1Cl. The van der Waals surface area contributed by atoms with Crippen molar-refractivity contribution in [2.24, 2.45) is 0 Å². The quantitative estimate of drug-likeness (QED) is 0.768. The van der Waals surface area contributed by atoms with Gasteiger partial charge in [0.25, 0.3) is 0 Å². The van der Waals surface area contributed by atoms with Crippen LogP contribution in [0.15, 0.2) is 29.8 Å². The maximum absolute atomic E-state index is 5.84. The highest BCUT2D eigenvalue weighted by Crippen LogP contribution is 2.27. The molecule has 13 heavy (non-hydrogen) atoms. The highest BCUT2D eigenvalue weighted by Gasteiger charge is 2.00. The Labute approximate surface area is 91.9 Å². The molecule has 0 heterocycles. The van der Waals surface area contributed by atoms with Gasteiger partial charge in [-0.05, 0) is 24.3 Å². The van der Waals surface area contributed by atoms with Crippen LogP contribution in [0.3, 0.4) is 0 Å². The molecule has 0 aliphatic carbocycles. The molecule has 0 atom stereocenters. The van der Waals surface area contributed by atoms with Crippen LogP contribution in [0.1, 0.15) is 0 Å². The summed E-state index contributed by atoms with van der Waals surface area (Å²) in [5, 5.41) is 1.08. The Morgan fingerprint density at radius 3 is 2.69 bits per heavy atom. The predicted molar refractivity (Wildman–Crippen MR) is 57.0 cm³/mol. The molecule has 70 valence electrons. The predicted octanol–water partition coefficient (Wildman–Crippen LogP) is 4.12. The first-order valence-electron chi connectivity index (χ1n) is 3.57. The summed E-state index contributed by atoms with van der Waals surface area (Å²) in [5.74, 6) is 0.598. The van der Waals surface area contributed by atoms with E-state index in [1.54, 1.807) is 24.3 Å². The molecule has 4 heteroatoms. The maximum Gasteiger partial charge on any atom is 0.138 e. The van der Waals surface area contributed by atoms with E-state index in [-0.39, 0.29) is 0 Å². The Balaban J connectivity index is 2.66. The van der Waals surface area contributed by atoms with Gasteiger partial charge in [0.05, 0.1) is 5.02 Å². The smallest absolute Gasteiger partial charge is 0.138 e. The van der Waals surface area contributed by atoms with Crippen molar-refractivity contribution >= 4 is 34.8 Å². The second-order valence-corrected chi connectivity index (χ2v) is 3.34. The summed E-state index contributed by atoms with van der Waals surface area (Å²) in [7, 11) is 0. The van der Waals surface area contributed by atoms with E-state index in [1.165, 1.54) is 5.54 Å². The third kappa shape index (κ3) is 3.47. The van der Waals surface area contributed by atoms with Gasteiger partial charge in [-0.1, -0.05) is 34.8 Å². The van der Waals surface area contributed by atoms with Crippen molar-refractivity contribution in [1.82, 2.24) is 0 Å². The van der Waals surface area contributed by atoms with Crippen molar-refractivity contribution in [3.63, 3.8) is 0 Å².